The maximum Gasteiger partial charge on any atom is 0.238 e. The number of hydrogen-bond donors (Lipinski definition) is 1. The molecular weight excluding hydrogens is 303 g/mol. The van der Waals surface area contributed by atoms with Crippen LogP contribution in [0.3, 0.4) is 0 Å². The molecule has 24 heavy (non-hydrogen) atoms. The highest BCUT2D eigenvalue weighted by molar-refractivity contribution is 5.93. The van der Waals surface area contributed by atoms with Crippen molar-refractivity contribution >= 4 is 11.6 Å². The summed E-state index contributed by atoms with van der Waals surface area (Å²) >= 11 is 0. The molecule has 4 heteroatoms. The minimum Gasteiger partial charge on any atom is -0.325 e. The summed E-state index contributed by atoms with van der Waals surface area (Å²) in [5.41, 5.74) is 3.02. The Kier molecular flexibility index (Phi) is 6.50. The molecule has 0 aliphatic heterocycles. The Labute approximate surface area is 143 Å². The van der Waals surface area contributed by atoms with Crippen molar-refractivity contribution in [3.8, 4) is 0 Å². The van der Waals surface area contributed by atoms with Crippen molar-refractivity contribution in [1.29, 1.82) is 0 Å². The number of likely N-dealkylation sites (N-methyl/N-ethyl adjacent to an activating group) is 1. The lowest BCUT2D eigenvalue weighted by Crippen LogP contribution is -2.30. The van der Waals surface area contributed by atoms with Crippen LogP contribution in [-0.4, -0.2) is 24.4 Å². The van der Waals surface area contributed by atoms with Gasteiger partial charge < -0.3 is 5.32 Å². The van der Waals surface area contributed by atoms with E-state index in [-0.39, 0.29) is 18.3 Å². The smallest absolute Gasteiger partial charge is 0.238 e. The van der Waals surface area contributed by atoms with Gasteiger partial charge in [0.2, 0.25) is 5.91 Å². The normalized spacial score (nSPS) is 12.2. The molecule has 0 radical (unpaired) electrons. The van der Waals surface area contributed by atoms with Crippen LogP contribution in [0.25, 0.3) is 0 Å². The summed E-state index contributed by atoms with van der Waals surface area (Å²) in [6.07, 6.45) is 1.03. The van der Waals surface area contributed by atoms with E-state index >= 15 is 0 Å². The Hall–Kier alpha value is -2.20. The number of halogens is 1. The van der Waals surface area contributed by atoms with Crippen molar-refractivity contribution in [2.45, 2.75) is 32.7 Å². The molecule has 1 atom stereocenters. The monoisotopic (exact) mass is 328 g/mol. The molecule has 0 unspecified atom stereocenters. The van der Waals surface area contributed by atoms with Crippen LogP contribution in [0.15, 0.2) is 48.5 Å². The second-order valence-electron chi connectivity index (χ2n) is 6.24. The molecule has 128 valence electrons. The van der Waals surface area contributed by atoms with Gasteiger partial charge in [-0.3, -0.25) is 9.69 Å². The Morgan fingerprint density at radius 1 is 1.17 bits per heavy atom. The minimum absolute atomic E-state index is 0.0460. The first-order valence-corrected chi connectivity index (χ1v) is 8.31. The summed E-state index contributed by atoms with van der Waals surface area (Å²) in [7, 11) is 1.88. The van der Waals surface area contributed by atoms with Crippen LogP contribution in [0.4, 0.5) is 10.1 Å². The maximum absolute atomic E-state index is 12.9. The van der Waals surface area contributed by atoms with E-state index in [1.165, 1.54) is 12.1 Å². The predicted molar refractivity (Wildman–Crippen MR) is 96.5 cm³/mol. The average molecular weight is 328 g/mol. The number of amides is 1. The van der Waals surface area contributed by atoms with Crippen LogP contribution in [0, 0.1) is 5.82 Å². The Bertz CT molecular complexity index is 670. The molecule has 0 heterocycles. The number of hydrogen-bond acceptors (Lipinski definition) is 2. The molecule has 0 aliphatic carbocycles. The van der Waals surface area contributed by atoms with Crippen molar-refractivity contribution < 1.29 is 9.18 Å². The van der Waals surface area contributed by atoms with Crippen LogP contribution in [0.1, 0.15) is 37.3 Å². The largest absolute Gasteiger partial charge is 0.325 e. The second-order valence-corrected chi connectivity index (χ2v) is 6.24. The summed E-state index contributed by atoms with van der Waals surface area (Å²) in [6, 6.07) is 14.3. The highest BCUT2D eigenvalue weighted by atomic mass is 19.1. The van der Waals surface area contributed by atoms with Crippen LogP contribution < -0.4 is 5.32 Å². The van der Waals surface area contributed by atoms with Gasteiger partial charge in [0.25, 0.3) is 0 Å². The molecule has 2 rings (SSSR count). The molecule has 2 aromatic carbocycles. The van der Waals surface area contributed by atoms with Gasteiger partial charge in [-0.15, -0.1) is 0 Å². The minimum atomic E-state index is -0.249. The third-order valence-electron chi connectivity index (χ3n) is 4.16. The fourth-order valence-electron chi connectivity index (χ4n) is 2.65. The molecule has 3 nitrogen and oxygen atoms in total. The zero-order chi connectivity index (χ0) is 17.5. The van der Waals surface area contributed by atoms with Crippen LogP contribution in [0.5, 0.6) is 0 Å². The fourth-order valence-corrected chi connectivity index (χ4v) is 2.65. The summed E-state index contributed by atoms with van der Waals surface area (Å²) in [6.45, 7) is 5.18. The van der Waals surface area contributed by atoms with E-state index in [9.17, 15) is 9.18 Å². The zero-order valence-corrected chi connectivity index (χ0v) is 14.6. The van der Waals surface area contributed by atoms with Gasteiger partial charge in [0.1, 0.15) is 5.82 Å². The lowest BCUT2D eigenvalue weighted by molar-refractivity contribution is -0.117. The van der Waals surface area contributed by atoms with E-state index in [1.54, 1.807) is 12.1 Å². The molecule has 0 saturated carbocycles. The summed E-state index contributed by atoms with van der Waals surface area (Å²) in [5, 5.41) is 3.01. The van der Waals surface area contributed by atoms with Crippen molar-refractivity contribution in [2.75, 3.05) is 18.9 Å². The SMILES string of the molecule is CC[C@@H](C)c1ccccc1NC(=O)CN(C)Cc1ccc(F)cc1. The van der Waals surface area contributed by atoms with Gasteiger partial charge in [-0.05, 0) is 48.7 Å². The number of nitrogens with one attached hydrogen (secondary N) is 1. The molecule has 0 fully saturated rings. The van der Waals surface area contributed by atoms with E-state index in [0.717, 1.165) is 23.2 Å². The van der Waals surface area contributed by atoms with E-state index in [2.05, 4.69) is 25.2 Å². The van der Waals surface area contributed by atoms with E-state index in [1.807, 2.05) is 30.1 Å². The highest BCUT2D eigenvalue weighted by Crippen LogP contribution is 2.26. The molecule has 0 bridgehead atoms. The van der Waals surface area contributed by atoms with Gasteiger partial charge in [0.15, 0.2) is 0 Å². The summed E-state index contributed by atoms with van der Waals surface area (Å²) < 4.78 is 12.9. The van der Waals surface area contributed by atoms with E-state index in [4.69, 9.17) is 0 Å². The van der Waals surface area contributed by atoms with Crippen molar-refractivity contribution in [1.82, 2.24) is 4.90 Å². The third kappa shape index (κ3) is 5.17. The third-order valence-corrected chi connectivity index (χ3v) is 4.16. The number of carbonyl (C=O) groups excluding carboxylic acids is 1. The molecular formula is C20H25FN2O. The topological polar surface area (TPSA) is 32.3 Å². The van der Waals surface area contributed by atoms with Crippen molar-refractivity contribution in [2.24, 2.45) is 0 Å². The van der Waals surface area contributed by atoms with Crippen molar-refractivity contribution in [3.63, 3.8) is 0 Å². The first kappa shape index (κ1) is 18.1. The zero-order valence-electron chi connectivity index (χ0n) is 14.6. The van der Waals surface area contributed by atoms with Gasteiger partial charge in [0.05, 0.1) is 6.54 Å². The number of benzene rings is 2. The Balaban J connectivity index is 1.94. The lowest BCUT2D eigenvalue weighted by atomic mass is 9.97. The van der Waals surface area contributed by atoms with Gasteiger partial charge in [-0.25, -0.2) is 4.39 Å². The lowest BCUT2D eigenvalue weighted by Gasteiger charge is -2.19. The van der Waals surface area contributed by atoms with Crippen LogP contribution in [-0.2, 0) is 11.3 Å². The quantitative estimate of drug-likeness (QED) is 0.816. The van der Waals surface area contributed by atoms with Crippen LogP contribution >= 0.6 is 0 Å². The molecule has 0 aromatic heterocycles. The number of nitrogens with zero attached hydrogens (tertiary/aromatic N) is 1. The maximum atomic E-state index is 12.9. The molecule has 2 aromatic rings. The number of rotatable bonds is 7. The van der Waals surface area contributed by atoms with Crippen LogP contribution in [0.2, 0.25) is 0 Å². The first-order chi connectivity index (χ1) is 11.5. The van der Waals surface area contributed by atoms with E-state index in [0.29, 0.717) is 12.5 Å². The van der Waals surface area contributed by atoms with E-state index < -0.39 is 0 Å². The molecule has 0 aliphatic rings. The number of carbonyl (C=O) groups is 1. The molecule has 0 saturated heterocycles. The summed E-state index contributed by atoms with van der Waals surface area (Å²) in [4.78, 5) is 14.2. The molecule has 1 amide bonds. The van der Waals surface area contributed by atoms with Gasteiger partial charge >= 0.3 is 0 Å². The standard InChI is InChI=1S/C20H25FN2O/c1-4-15(2)18-7-5-6-8-19(18)22-20(24)14-23(3)13-16-9-11-17(21)12-10-16/h5-12,15H,4,13-14H2,1-3H3,(H,22,24)/t15-/m1/s1. The number of anilines is 1. The number of para-hydroxylation sites is 1. The molecule has 1 N–H and O–H groups in total. The highest BCUT2D eigenvalue weighted by Gasteiger charge is 2.12. The second kappa shape index (κ2) is 8.60. The Morgan fingerprint density at radius 2 is 1.83 bits per heavy atom. The van der Waals surface area contributed by atoms with Crippen molar-refractivity contribution in [3.05, 3.63) is 65.5 Å². The molecule has 0 spiro atoms. The predicted octanol–water partition coefficient (Wildman–Crippen LogP) is 4.41. The Morgan fingerprint density at radius 3 is 2.50 bits per heavy atom. The fraction of sp³-hybridized carbons (Fsp3) is 0.350. The van der Waals surface area contributed by atoms with Gasteiger partial charge in [-0.2, -0.15) is 0 Å². The van der Waals surface area contributed by atoms with Gasteiger partial charge in [0, 0.05) is 12.2 Å². The summed E-state index contributed by atoms with van der Waals surface area (Å²) in [5.74, 6) is 0.106. The first-order valence-electron chi connectivity index (χ1n) is 8.31. The van der Waals surface area contributed by atoms with Gasteiger partial charge in [-0.1, -0.05) is 44.2 Å². The average Bonchev–Trinajstić information content (AvgIpc) is 2.56.